The summed E-state index contributed by atoms with van der Waals surface area (Å²) in [4.78, 5) is 8.71. The highest BCUT2D eigenvalue weighted by Crippen LogP contribution is 2.42. The summed E-state index contributed by atoms with van der Waals surface area (Å²) in [5.74, 6) is 0.453. The molecular formula is C22H23N7. The van der Waals surface area contributed by atoms with Crippen LogP contribution in [-0.4, -0.2) is 24.3 Å². The van der Waals surface area contributed by atoms with Gasteiger partial charge in [-0.3, -0.25) is 4.68 Å². The van der Waals surface area contributed by atoms with Crippen molar-refractivity contribution >= 4 is 22.5 Å². The first-order valence-corrected chi connectivity index (χ1v) is 9.18. The van der Waals surface area contributed by atoms with E-state index in [9.17, 15) is 0 Å². The maximum absolute atomic E-state index is 6.27. The van der Waals surface area contributed by atoms with Crippen molar-refractivity contribution in [2.75, 3.05) is 11.1 Å². The molecule has 0 saturated carbocycles. The molecule has 0 saturated heterocycles. The molecule has 0 aliphatic heterocycles. The molecule has 0 amide bonds. The highest BCUT2D eigenvalue weighted by atomic mass is 15.2. The molecule has 4 rings (SSSR count). The molecule has 146 valence electrons. The Morgan fingerprint density at radius 1 is 1.24 bits per heavy atom. The van der Waals surface area contributed by atoms with Crippen LogP contribution in [0.2, 0.25) is 0 Å². The number of nitrogens with two attached hydrogens (primary N) is 1. The average molecular weight is 385 g/mol. The van der Waals surface area contributed by atoms with Crippen molar-refractivity contribution in [1.29, 1.82) is 0 Å². The lowest BCUT2D eigenvalue weighted by Gasteiger charge is -2.13. The van der Waals surface area contributed by atoms with Gasteiger partial charge < -0.3 is 15.6 Å². The fourth-order valence-electron chi connectivity index (χ4n) is 3.67. The van der Waals surface area contributed by atoms with Crippen LogP contribution in [0.1, 0.15) is 5.56 Å². The van der Waals surface area contributed by atoms with E-state index in [1.807, 2.05) is 32.6 Å². The molecule has 0 aliphatic rings. The summed E-state index contributed by atoms with van der Waals surface area (Å²) in [5, 5.41) is 8.42. The van der Waals surface area contributed by atoms with E-state index >= 15 is 0 Å². The second-order valence-electron chi connectivity index (χ2n) is 7.03. The van der Waals surface area contributed by atoms with Crippen LogP contribution >= 0.6 is 0 Å². The maximum Gasteiger partial charge on any atom is 0.146 e. The molecule has 0 unspecified atom stereocenters. The van der Waals surface area contributed by atoms with Crippen molar-refractivity contribution in [3.05, 3.63) is 67.4 Å². The van der Waals surface area contributed by atoms with Gasteiger partial charge in [-0.25, -0.2) is 9.97 Å². The fourth-order valence-corrected chi connectivity index (χ4v) is 3.67. The molecule has 3 aromatic heterocycles. The maximum atomic E-state index is 6.27. The van der Waals surface area contributed by atoms with Crippen LogP contribution in [0, 0.1) is 6.92 Å². The minimum Gasteiger partial charge on any atom is -0.383 e. The monoisotopic (exact) mass is 385 g/mol. The lowest BCUT2D eigenvalue weighted by molar-refractivity contribution is 0.768. The Balaban J connectivity index is 1.99. The Morgan fingerprint density at radius 3 is 2.69 bits per heavy atom. The van der Waals surface area contributed by atoms with Gasteiger partial charge in [0.2, 0.25) is 0 Å². The van der Waals surface area contributed by atoms with Crippen molar-refractivity contribution in [2.24, 2.45) is 14.1 Å². The van der Waals surface area contributed by atoms with E-state index in [1.54, 1.807) is 10.8 Å². The Hall–Kier alpha value is -3.87. The molecule has 4 aromatic rings. The SMILES string of the molecule is C=CC(=C)Nc1ccc(-c2c(-c3cnn(C)c3)c3c(N)ncnc3n2C)c(C)c1. The van der Waals surface area contributed by atoms with E-state index in [-0.39, 0.29) is 0 Å². The second kappa shape index (κ2) is 6.94. The Morgan fingerprint density at radius 2 is 2.03 bits per heavy atom. The van der Waals surface area contributed by atoms with Gasteiger partial charge in [0.1, 0.15) is 17.8 Å². The summed E-state index contributed by atoms with van der Waals surface area (Å²) in [6, 6.07) is 6.20. The number of nitrogens with zero attached hydrogens (tertiary/aromatic N) is 5. The molecule has 1 aromatic carbocycles. The summed E-state index contributed by atoms with van der Waals surface area (Å²) in [7, 11) is 3.89. The Labute approximate surface area is 169 Å². The highest BCUT2D eigenvalue weighted by Gasteiger charge is 2.23. The zero-order valence-corrected chi connectivity index (χ0v) is 16.8. The lowest BCUT2D eigenvalue weighted by Crippen LogP contribution is -1.98. The first kappa shape index (κ1) is 18.5. The number of hydrogen-bond acceptors (Lipinski definition) is 5. The zero-order chi connectivity index (χ0) is 20.7. The summed E-state index contributed by atoms with van der Waals surface area (Å²) in [5.41, 5.74) is 13.9. The van der Waals surface area contributed by atoms with E-state index in [4.69, 9.17) is 5.73 Å². The number of aryl methyl sites for hydroxylation is 3. The number of hydrogen-bond donors (Lipinski definition) is 2. The summed E-state index contributed by atoms with van der Waals surface area (Å²) in [6.45, 7) is 9.73. The van der Waals surface area contributed by atoms with Gasteiger partial charge in [0, 0.05) is 48.4 Å². The second-order valence-corrected chi connectivity index (χ2v) is 7.03. The number of nitrogens with one attached hydrogen (secondary N) is 1. The van der Waals surface area contributed by atoms with Crippen LogP contribution < -0.4 is 11.1 Å². The van der Waals surface area contributed by atoms with Gasteiger partial charge in [-0.1, -0.05) is 19.2 Å². The van der Waals surface area contributed by atoms with Gasteiger partial charge in [0.05, 0.1) is 17.3 Å². The normalized spacial score (nSPS) is 11.0. The number of benzene rings is 1. The van der Waals surface area contributed by atoms with Crippen LogP contribution in [0.15, 0.2) is 61.9 Å². The number of aromatic nitrogens is 5. The summed E-state index contributed by atoms with van der Waals surface area (Å²) >= 11 is 0. The third-order valence-electron chi connectivity index (χ3n) is 5.02. The first-order valence-electron chi connectivity index (χ1n) is 9.18. The van der Waals surface area contributed by atoms with Crippen molar-refractivity contribution in [3.8, 4) is 22.4 Å². The summed E-state index contributed by atoms with van der Waals surface area (Å²) in [6.07, 6.45) is 7.00. The molecule has 0 fully saturated rings. The number of rotatable bonds is 5. The molecule has 0 spiro atoms. The zero-order valence-electron chi connectivity index (χ0n) is 16.8. The molecular weight excluding hydrogens is 362 g/mol. The van der Waals surface area contributed by atoms with Crippen LogP contribution in [0.3, 0.4) is 0 Å². The van der Waals surface area contributed by atoms with E-state index in [1.165, 1.54) is 6.33 Å². The Bertz CT molecular complexity index is 1260. The van der Waals surface area contributed by atoms with Crippen molar-refractivity contribution in [3.63, 3.8) is 0 Å². The van der Waals surface area contributed by atoms with Gasteiger partial charge in [0.15, 0.2) is 0 Å². The lowest BCUT2D eigenvalue weighted by atomic mass is 9.97. The van der Waals surface area contributed by atoms with Crippen LogP contribution in [-0.2, 0) is 14.1 Å². The van der Waals surface area contributed by atoms with Crippen molar-refractivity contribution < 1.29 is 0 Å². The predicted molar refractivity (Wildman–Crippen MR) is 118 cm³/mol. The Kier molecular flexibility index (Phi) is 4.43. The molecule has 0 radical (unpaired) electrons. The van der Waals surface area contributed by atoms with Gasteiger partial charge in [-0.15, -0.1) is 0 Å². The molecule has 0 bridgehead atoms. The van der Waals surface area contributed by atoms with E-state index < -0.39 is 0 Å². The first-order chi connectivity index (χ1) is 13.9. The topological polar surface area (TPSA) is 86.6 Å². The number of fused-ring (bicyclic) bond motifs is 1. The average Bonchev–Trinajstić information content (AvgIpc) is 3.24. The van der Waals surface area contributed by atoms with Crippen molar-refractivity contribution in [2.45, 2.75) is 6.92 Å². The molecule has 7 heteroatoms. The van der Waals surface area contributed by atoms with Crippen molar-refractivity contribution in [1.82, 2.24) is 24.3 Å². The third kappa shape index (κ3) is 3.06. The molecule has 7 nitrogen and oxygen atoms in total. The van der Waals surface area contributed by atoms with Crippen LogP contribution in [0.4, 0.5) is 11.5 Å². The minimum absolute atomic E-state index is 0.453. The predicted octanol–water partition coefficient (Wildman–Crippen LogP) is 4.04. The van der Waals surface area contributed by atoms with Gasteiger partial charge >= 0.3 is 0 Å². The van der Waals surface area contributed by atoms with E-state index in [2.05, 4.69) is 57.2 Å². The summed E-state index contributed by atoms with van der Waals surface area (Å²) < 4.78 is 3.84. The van der Waals surface area contributed by atoms with Crippen LogP contribution in [0.25, 0.3) is 33.4 Å². The smallest absolute Gasteiger partial charge is 0.146 e. The third-order valence-corrected chi connectivity index (χ3v) is 5.02. The number of nitrogen functional groups attached to an aromatic ring is 1. The van der Waals surface area contributed by atoms with E-state index in [0.29, 0.717) is 5.82 Å². The number of anilines is 2. The van der Waals surface area contributed by atoms with Gasteiger partial charge in [-0.05, 0) is 30.7 Å². The van der Waals surface area contributed by atoms with Gasteiger partial charge in [0.25, 0.3) is 0 Å². The highest BCUT2D eigenvalue weighted by molar-refractivity contribution is 6.07. The molecule has 3 N–H and O–H groups in total. The molecule has 0 aliphatic carbocycles. The number of allylic oxidation sites excluding steroid dienone is 1. The standard InChI is InChI=1S/C22H23N7/c1-6-14(3)27-16-7-8-17(13(2)9-16)20-18(15-10-26-28(4)11-15)19-21(23)24-12-25-22(19)29(20)5/h6-12,27H,1,3H2,2,4-5H3,(H2,23,24,25). The fraction of sp³-hybridized carbons (Fsp3) is 0.136. The molecule has 29 heavy (non-hydrogen) atoms. The molecule has 0 atom stereocenters. The quantitative estimate of drug-likeness (QED) is 0.506. The minimum atomic E-state index is 0.453. The van der Waals surface area contributed by atoms with Gasteiger partial charge in [-0.2, -0.15) is 5.10 Å². The molecule has 3 heterocycles. The van der Waals surface area contributed by atoms with E-state index in [0.717, 1.165) is 50.4 Å². The largest absolute Gasteiger partial charge is 0.383 e. The van der Waals surface area contributed by atoms with Crippen LogP contribution in [0.5, 0.6) is 0 Å².